The van der Waals surface area contributed by atoms with Crippen LogP contribution >= 0.6 is 11.3 Å². The summed E-state index contributed by atoms with van der Waals surface area (Å²) in [4.78, 5) is 4.36. The number of nitrogens with zero attached hydrogens (tertiary/aromatic N) is 1. The molecule has 1 aromatic heterocycles. The van der Waals surface area contributed by atoms with Crippen LogP contribution in [-0.2, 0) is 6.42 Å². The topological polar surface area (TPSA) is 24.9 Å². The number of aromatic nitrogens is 1. The van der Waals surface area contributed by atoms with Crippen LogP contribution in [0.3, 0.4) is 0 Å². The van der Waals surface area contributed by atoms with Crippen molar-refractivity contribution in [1.29, 1.82) is 0 Å². The number of alkyl halides is 2. The van der Waals surface area contributed by atoms with E-state index in [4.69, 9.17) is 0 Å². The number of rotatable bonds is 5. The maximum atomic E-state index is 12.7. The molecular formula is C12H14F2N2S. The fraction of sp³-hybridized carbons (Fsp3) is 0.417. The average molecular weight is 256 g/mol. The van der Waals surface area contributed by atoms with Gasteiger partial charge in [-0.25, -0.2) is 13.8 Å². The summed E-state index contributed by atoms with van der Waals surface area (Å²) in [7, 11) is 0. The van der Waals surface area contributed by atoms with E-state index in [1.54, 1.807) is 0 Å². The predicted octanol–water partition coefficient (Wildman–Crippen LogP) is 3.08. The third kappa shape index (κ3) is 2.98. The normalized spacial score (nSPS) is 13.4. The van der Waals surface area contributed by atoms with Crippen LogP contribution < -0.4 is 5.32 Å². The Bertz CT molecular complexity index is 451. The van der Waals surface area contributed by atoms with Gasteiger partial charge in [-0.3, -0.25) is 0 Å². The van der Waals surface area contributed by atoms with E-state index < -0.39 is 12.5 Å². The third-order valence-corrected chi connectivity index (χ3v) is 3.56. The van der Waals surface area contributed by atoms with Gasteiger partial charge in [0, 0.05) is 6.42 Å². The summed E-state index contributed by atoms with van der Waals surface area (Å²) in [5.74, 6) is 0. The molecule has 0 radical (unpaired) electrons. The molecule has 0 fully saturated rings. The van der Waals surface area contributed by atoms with E-state index in [9.17, 15) is 8.78 Å². The summed E-state index contributed by atoms with van der Waals surface area (Å²) in [6, 6.07) is 6.89. The predicted molar refractivity (Wildman–Crippen MR) is 66.8 cm³/mol. The molecule has 92 valence electrons. The fourth-order valence-corrected chi connectivity index (χ4v) is 2.73. The third-order valence-electron chi connectivity index (χ3n) is 2.50. The van der Waals surface area contributed by atoms with E-state index >= 15 is 0 Å². The second kappa shape index (κ2) is 5.51. The van der Waals surface area contributed by atoms with Crippen molar-refractivity contribution in [1.82, 2.24) is 10.3 Å². The molecule has 0 spiro atoms. The summed E-state index contributed by atoms with van der Waals surface area (Å²) in [5.41, 5.74) is 0.886. The highest BCUT2D eigenvalue weighted by atomic mass is 32.1. The van der Waals surface area contributed by atoms with Crippen LogP contribution in [0, 0.1) is 0 Å². The lowest BCUT2D eigenvalue weighted by Crippen LogP contribution is -2.37. The molecule has 1 N–H and O–H groups in total. The van der Waals surface area contributed by atoms with Gasteiger partial charge in [-0.2, -0.15) is 0 Å². The average Bonchev–Trinajstić information content (AvgIpc) is 2.70. The number of hydrogen-bond acceptors (Lipinski definition) is 3. The number of fused-ring (bicyclic) bond motifs is 1. The Hall–Kier alpha value is -1.07. The molecule has 2 rings (SSSR count). The fourth-order valence-electron chi connectivity index (χ4n) is 1.71. The Morgan fingerprint density at radius 2 is 2.12 bits per heavy atom. The summed E-state index contributed by atoms with van der Waals surface area (Å²) in [6.45, 7) is 2.37. The Kier molecular flexibility index (Phi) is 4.02. The molecule has 1 aromatic carbocycles. The largest absolute Gasteiger partial charge is 0.309 e. The van der Waals surface area contributed by atoms with Crippen LogP contribution in [0.4, 0.5) is 8.78 Å². The van der Waals surface area contributed by atoms with Gasteiger partial charge in [0.05, 0.1) is 21.3 Å². The van der Waals surface area contributed by atoms with Gasteiger partial charge in [-0.05, 0) is 18.7 Å². The second-order valence-corrected chi connectivity index (χ2v) is 4.89. The lowest BCUT2D eigenvalue weighted by Gasteiger charge is -2.14. The Morgan fingerprint density at radius 1 is 1.35 bits per heavy atom. The SMILES string of the molecule is CCNC(Cc1nc2ccccc2s1)C(F)F. The number of halogens is 2. The van der Waals surface area contributed by atoms with E-state index in [2.05, 4.69) is 10.3 Å². The zero-order valence-electron chi connectivity index (χ0n) is 9.49. The van der Waals surface area contributed by atoms with E-state index in [1.807, 2.05) is 31.2 Å². The molecule has 1 heterocycles. The summed E-state index contributed by atoms with van der Waals surface area (Å²) < 4.78 is 26.5. The van der Waals surface area contributed by atoms with Crippen molar-refractivity contribution in [2.45, 2.75) is 25.8 Å². The molecule has 2 aromatic rings. The van der Waals surface area contributed by atoms with Crippen molar-refractivity contribution in [2.75, 3.05) is 6.54 Å². The lowest BCUT2D eigenvalue weighted by molar-refractivity contribution is 0.0990. The standard InChI is InChI=1S/C12H14F2N2S/c1-2-15-9(12(13)14)7-11-16-8-5-3-4-6-10(8)17-11/h3-6,9,12,15H,2,7H2,1H3. The van der Waals surface area contributed by atoms with Gasteiger partial charge in [0.25, 0.3) is 6.43 Å². The first kappa shape index (κ1) is 12.4. The number of hydrogen-bond donors (Lipinski definition) is 1. The number of thiazole rings is 1. The van der Waals surface area contributed by atoms with E-state index in [0.717, 1.165) is 15.2 Å². The molecule has 0 saturated carbocycles. The smallest absolute Gasteiger partial charge is 0.254 e. The zero-order valence-corrected chi connectivity index (χ0v) is 10.3. The minimum atomic E-state index is -2.36. The van der Waals surface area contributed by atoms with E-state index in [1.165, 1.54) is 11.3 Å². The zero-order chi connectivity index (χ0) is 12.3. The monoisotopic (exact) mass is 256 g/mol. The highest BCUT2D eigenvalue weighted by Crippen LogP contribution is 2.23. The first-order chi connectivity index (χ1) is 8.20. The van der Waals surface area contributed by atoms with E-state index in [0.29, 0.717) is 6.54 Å². The molecule has 0 aliphatic heterocycles. The molecule has 1 unspecified atom stereocenters. The quantitative estimate of drug-likeness (QED) is 0.889. The van der Waals surface area contributed by atoms with Gasteiger partial charge < -0.3 is 5.32 Å². The first-order valence-electron chi connectivity index (χ1n) is 5.56. The van der Waals surface area contributed by atoms with Gasteiger partial charge in [-0.15, -0.1) is 11.3 Å². The van der Waals surface area contributed by atoms with Crippen molar-refractivity contribution in [3.05, 3.63) is 29.3 Å². The Balaban J connectivity index is 2.16. The molecule has 0 aliphatic rings. The Labute approximate surface area is 103 Å². The molecule has 0 aliphatic carbocycles. The van der Waals surface area contributed by atoms with Crippen molar-refractivity contribution in [2.24, 2.45) is 0 Å². The van der Waals surface area contributed by atoms with Gasteiger partial charge in [0.2, 0.25) is 0 Å². The highest BCUT2D eigenvalue weighted by molar-refractivity contribution is 7.18. The van der Waals surface area contributed by atoms with Crippen LogP contribution in [0.5, 0.6) is 0 Å². The van der Waals surface area contributed by atoms with Crippen LogP contribution in [0.2, 0.25) is 0 Å². The highest BCUT2D eigenvalue weighted by Gasteiger charge is 2.21. The Morgan fingerprint density at radius 3 is 2.76 bits per heavy atom. The summed E-state index contributed by atoms with van der Waals surface area (Å²) in [6.07, 6.45) is -2.08. The number of likely N-dealkylation sites (N-methyl/N-ethyl adjacent to an activating group) is 1. The minimum Gasteiger partial charge on any atom is -0.309 e. The molecule has 0 bridgehead atoms. The van der Waals surface area contributed by atoms with E-state index in [-0.39, 0.29) is 6.42 Å². The molecule has 0 amide bonds. The van der Waals surface area contributed by atoms with Crippen molar-refractivity contribution in [3.8, 4) is 0 Å². The number of benzene rings is 1. The molecule has 0 saturated heterocycles. The first-order valence-corrected chi connectivity index (χ1v) is 6.38. The maximum Gasteiger partial charge on any atom is 0.254 e. The molecule has 17 heavy (non-hydrogen) atoms. The van der Waals surface area contributed by atoms with Gasteiger partial charge in [0.1, 0.15) is 0 Å². The molecule has 1 atom stereocenters. The van der Waals surface area contributed by atoms with Crippen molar-refractivity contribution >= 4 is 21.6 Å². The van der Waals surface area contributed by atoms with Crippen LogP contribution in [0.25, 0.3) is 10.2 Å². The van der Waals surface area contributed by atoms with Gasteiger partial charge in [0.15, 0.2) is 0 Å². The lowest BCUT2D eigenvalue weighted by atomic mass is 10.2. The van der Waals surface area contributed by atoms with Crippen LogP contribution in [0.1, 0.15) is 11.9 Å². The van der Waals surface area contributed by atoms with Gasteiger partial charge in [-0.1, -0.05) is 19.1 Å². The van der Waals surface area contributed by atoms with Crippen LogP contribution in [0.15, 0.2) is 24.3 Å². The second-order valence-electron chi connectivity index (χ2n) is 3.78. The van der Waals surface area contributed by atoms with Crippen LogP contribution in [-0.4, -0.2) is 24.0 Å². The molecular weight excluding hydrogens is 242 g/mol. The molecule has 2 nitrogen and oxygen atoms in total. The van der Waals surface area contributed by atoms with Crippen molar-refractivity contribution < 1.29 is 8.78 Å². The maximum absolute atomic E-state index is 12.7. The van der Waals surface area contributed by atoms with Gasteiger partial charge >= 0.3 is 0 Å². The summed E-state index contributed by atoms with van der Waals surface area (Å²) in [5, 5.41) is 3.55. The number of para-hydroxylation sites is 1. The minimum absolute atomic E-state index is 0.283. The number of nitrogens with one attached hydrogen (secondary N) is 1. The molecule has 5 heteroatoms. The van der Waals surface area contributed by atoms with Crippen molar-refractivity contribution in [3.63, 3.8) is 0 Å². The summed E-state index contributed by atoms with van der Waals surface area (Å²) >= 11 is 1.48.